The fourth-order valence-electron chi connectivity index (χ4n) is 2.65. The maximum atomic E-state index is 6.28. The minimum absolute atomic E-state index is 0.241. The van der Waals surface area contributed by atoms with Crippen molar-refractivity contribution >= 4 is 23.2 Å². The third-order valence-corrected chi connectivity index (χ3v) is 4.46. The van der Waals surface area contributed by atoms with E-state index in [4.69, 9.17) is 28.9 Å². The van der Waals surface area contributed by atoms with Crippen molar-refractivity contribution in [2.24, 2.45) is 11.7 Å². The lowest BCUT2D eigenvalue weighted by Gasteiger charge is -2.34. The molecule has 0 radical (unpaired) electrons. The van der Waals surface area contributed by atoms with Crippen molar-refractivity contribution in [1.29, 1.82) is 0 Å². The molecule has 19 heavy (non-hydrogen) atoms. The van der Waals surface area contributed by atoms with Gasteiger partial charge in [0, 0.05) is 35.4 Å². The topological polar surface area (TPSA) is 42.1 Å². The molecule has 0 saturated carbocycles. The molecule has 106 valence electrons. The molecule has 0 aromatic carbocycles. The van der Waals surface area contributed by atoms with Gasteiger partial charge >= 0.3 is 0 Å². The molecule has 1 saturated heterocycles. The summed E-state index contributed by atoms with van der Waals surface area (Å²) in [6.45, 7) is 6.83. The Hall–Kier alpha value is -0.350. The molecule has 2 N–H and O–H groups in total. The summed E-state index contributed by atoms with van der Waals surface area (Å²) >= 11 is 12.5. The third kappa shape index (κ3) is 3.82. The first-order valence-corrected chi connectivity index (χ1v) is 7.52. The van der Waals surface area contributed by atoms with Gasteiger partial charge in [-0.05, 0) is 45.2 Å². The average molecular weight is 302 g/mol. The molecule has 0 aliphatic carbocycles. The quantitative estimate of drug-likeness (QED) is 0.872. The Bertz CT molecular complexity index is 425. The van der Waals surface area contributed by atoms with Crippen LogP contribution in [0.1, 0.15) is 31.0 Å². The fraction of sp³-hybridized carbons (Fsp3) is 0.643. The van der Waals surface area contributed by atoms with Crippen LogP contribution in [0.2, 0.25) is 10.2 Å². The Morgan fingerprint density at radius 1 is 1.53 bits per heavy atom. The number of rotatable bonds is 3. The first-order chi connectivity index (χ1) is 8.97. The Morgan fingerprint density at radius 2 is 2.26 bits per heavy atom. The number of aromatic nitrogens is 1. The van der Waals surface area contributed by atoms with Gasteiger partial charge in [0.25, 0.3) is 0 Å². The highest BCUT2D eigenvalue weighted by atomic mass is 35.5. The van der Waals surface area contributed by atoms with E-state index >= 15 is 0 Å². The minimum Gasteiger partial charge on any atom is -0.328 e. The summed E-state index contributed by atoms with van der Waals surface area (Å²) in [5.41, 5.74) is 7.79. The molecule has 5 heteroatoms. The van der Waals surface area contributed by atoms with Gasteiger partial charge in [-0.2, -0.15) is 0 Å². The summed E-state index contributed by atoms with van der Waals surface area (Å²) in [5, 5.41) is 1.23. The number of hydrogen-bond acceptors (Lipinski definition) is 3. The highest BCUT2D eigenvalue weighted by Gasteiger charge is 2.24. The number of nitrogens with two attached hydrogens (primary N) is 1. The second kappa shape index (κ2) is 6.40. The molecular formula is C14H21Cl2N3. The van der Waals surface area contributed by atoms with Gasteiger partial charge in [-0.1, -0.05) is 23.2 Å². The van der Waals surface area contributed by atoms with Crippen LogP contribution in [0.3, 0.4) is 0 Å². The number of aryl methyl sites for hydroxylation is 1. The van der Waals surface area contributed by atoms with Crippen molar-refractivity contribution in [3.63, 3.8) is 0 Å². The molecule has 2 rings (SSSR count). The number of pyridine rings is 1. The minimum atomic E-state index is 0.241. The third-order valence-electron chi connectivity index (χ3n) is 3.81. The van der Waals surface area contributed by atoms with E-state index in [9.17, 15) is 0 Å². The SMILES string of the molecule is Cc1cc(Cl)c(CN2CCCC(C(C)N)C2)c(Cl)n1. The Balaban J connectivity index is 2.09. The number of nitrogens with zero attached hydrogens (tertiary/aromatic N) is 2. The molecule has 2 unspecified atom stereocenters. The molecule has 2 atom stereocenters. The highest BCUT2D eigenvalue weighted by molar-refractivity contribution is 6.35. The second-order valence-corrected chi connectivity index (χ2v) is 6.28. The number of hydrogen-bond donors (Lipinski definition) is 1. The predicted octanol–water partition coefficient (Wildman–Crippen LogP) is 3.26. The number of halogens is 2. The molecule has 0 spiro atoms. The van der Waals surface area contributed by atoms with Crippen molar-refractivity contribution in [1.82, 2.24) is 9.88 Å². The Morgan fingerprint density at radius 3 is 2.89 bits per heavy atom. The van der Waals surface area contributed by atoms with Crippen molar-refractivity contribution < 1.29 is 0 Å². The van der Waals surface area contributed by atoms with E-state index in [1.54, 1.807) is 0 Å². The Kier molecular flexibility index (Phi) is 5.07. The highest BCUT2D eigenvalue weighted by Crippen LogP contribution is 2.27. The molecule has 0 bridgehead atoms. The van der Waals surface area contributed by atoms with Gasteiger partial charge in [-0.25, -0.2) is 4.98 Å². The van der Waals surface area contributed by atoms with Gasteiger partial charge in [0.1, 0.15) is 5.15 Å². The number of likely N-dealkylation sites (tertiary alicyclic amines) is 1. The first kappa shape index (κ1) is 15.0. The van der Waals surface area contributed by atoms with E-state index in [2.05, 4.69) is 16.8 Å². The van der Waals surface area contributed by atoms with Crippen LogP contribution in [0.5, 0.6) is 0 Å². The molecule has 1 aromatic heterocycles. The van der Waals surface area contributed by atoms with Crippen LogP contribution in [-0.4, -0.2) is 29.0 Å². The van der Waals surface area contributed by atoms with Gasteiger partial charge in [0.2, 0.25) is 0 Å². The summed E-state index contributed by atoms with van der Waals surface area (Å²) in [7, 11) is 0. The van der Waals surface area contributed by atoms with E-state index in [-0.39, 0.29) is 6.04 Å². The first-order valence-electron chi connectivity index (χ1n) is 6.77. The lowest BCUT2D eigenvalue weighted by molar-refractivity contribution is 0.154. The summed E-state index contributed by atoms with van der Waals surface area (Å²) < 4.78 is 0. The smallest absolute Gasteiger partial charge is 0.135 e. The summed E-state index contributed by atoms with van der Waals surface area (Å²) in [5.74, 6) is 0.560. The summed E-state index contributed by atoms with van der Waals surface area (Å²) in [4.78, 5) is 6.66. The van der Waals surface area contributed by atoms with Gasteiger partial charge in [-0.3, -0.25) is 4.90 Å². The van der Waals surface area contributed by atoms with E-state index in [0.717, 1.165) is 30.9 Å². The largest absolute Gasteiger partial charge is 0.328 e. The average Bonchev–Trinajstić information content (AvgIpc) is 2.34. The lowest BCUT2D eigenvalue weighted by Crippen LogP contribution is -2.42. The number of piperidine rings is 1. The Labute approximate surface area is 125 Å². The monoisotopic (exact) mass is 301 g/mol. The van der Waals surface area contributed by atoms with Gasteiger partial charge in [0.05, 0.1) is 0 Å². The normalized spacial score (nSPS) is 22.5. The summed E-state index contributed by atoms with van der Waals surface area (Å²) in [6.07, 6.45) is 2.39. The molecule has 3 nitrogen and oxygen atoms in total. The van der Waals surface area contributed by atoms with Crippen LogP contribution < -0.4 is 5.73 Å². The van der Waals surface area contributed by atoms with Crippen LogP contribution >= 0.6 is 23.2 Å². The van der Waals surface area contributed by atoms with Crippen molar-refractivity contribution in [3.05, 3.63) is 27.5 Å². The van der Waals surface area contributed by atoms with Gasteiger partial charge < -0.3 is 5.73 Å². The van der Waals surface area contributed by atoms with Crippen LogP contribution in [0.15, 0.2) is 6.07 Å². The molecular weight excluding hydrogens is 281 g/mol. The second-order valence-electron chi connectivity index (χ2n) is 5.51. The molecule has 1 aliphatic rings. The van der Waals surface area contributed by atoms with E-state index in [1.807, 2.05) is 13.0 Å². The van der Waals surface area contributed by atoms with Crippen molar-refractivity contribution in [3.8, 4) is 0 Å². The van der Waals surface area contributed by atoms with E-state index < -0.39 is 0 Å². The van der Waals surface area contributed by atoms with Crippen LogP contribution in [0.4, 0.5) is 0 Å². The van der Waals surface area contributed by atoms with Crippen LogP contribution in [0, 0.1) is 12.8 Å². The van der Waals surface area contributed by atoms with E-state index in [0.29, 0.717) is 16.1 Å². The summed E-state index contributed by atoms with van der Waals surface area (Å²) in [6, 6.07) is 2.11. The van der Waals surface area contributed by atoms with Crippen molar-refractivity contribution in [2.45, 2.75) is 39.3 Å². The zero-order valence-corrected chi connectivity index (χ0v) is 13.0. The molecule has 0 amide bonds. The molecule has 1 aliphatic heterocycles. The molecule has 2 heterocycles. The lowest BCUT2D eigenvalue weighted by atomic mass is 9.92. The zero-order valence-electron chi connectivity index (χ0n) is 11.5. The maximum absolute atomic E-state index is 6.28. The van der Waals surface area contributed by atoms with Gasteiger partial charge in [-0.15, -0.1) is 0 Å². The fourth-order valence-corrected chi connectivity index (χ4v) is 3.30. The van der Waals surface area contributed by atoms with Gasteiger partial charge in [0.15, 0.2) is 0 Å². The van der Waals surface area contributed by atoms with Crippen molar-refractivity contribution in [2.75, 3.05) is 13.1 Å². The zero-order chi connectivity index (χ0) is 14.0. The molecule has 1 aromatic rings. The van der Waals surface area contributed by atoms with Crippen LogP contribution in [0.25, 0.3) is 0 Å². The van der Waals surface area contributed by atoms with E-state index in [1.165, 1.54) is 12.8 Å². The predicted molar refractivity (Wildman–Crippen MR) is 80.6 cm³/mol. The standard InChI is InChI=1S/C14H21Cl2N3/c1-9-6-13(15)12(14(16)18-9)8-19-5-3-4-11(7-19)10(2)17/h6,10-11H,3-5,7-8,17H2,1-2H3. The maximum Gasteiger partial charge on any atom is 0.135 e. The van der Waals surface area contributed by atoms with Crippen LogP contribution in [-0.2, 0) is 6.54 Å². The molecule has 1 fully saturated rings.